The fourth-order valence-electron chi connectivity index (χ4n) is 1.70. The average Bonchev–Trinajstić information content (AvgIpc) is 2.29. The number of Topliss-reactive ketones (excluding diaryl/α,β-unsaturated/α-hetero) is 1. The highest BCUT2D eigenvalue weighted by atomic mass is 35.5. The summed E-state index contributed by atoms with van der Waals surface area (Å²) in [4.78, 5) is 11.3. The van der Waals surface area contributed by atoms with Crippen molar-refractivity contribution in [3.05, 3.63) is 29.0 Å². The second-order valence-corrected chi connectivity index (χ2v) is 4.16. The molecule has 5 heteroatoms. The highest BCUT2D eigenvalue weighted by Gasteiger charge is 2.43. The van der Waals surface area contributed by atoms with Gasteiger partial charge in [0.05, 0.1) is 5.02 Å². The topological polar surface area (TPSA) is 35.5 Å². The quantitative estimate of drug-likeness (QED) is 0.833. The van der Waals surface area contributed by atoms with Gasteiger partial charge in [-0.2, -0.15) is 0 Å². The summed E-state index contributed by atoms with van der Waals surface area (Å²) in [5, 5.41) is 0.194. The first-order valence-corrected chi connectivity index (χ1v) is 5.76. The van der Waals surface area contributed by atoms with Crippen molar-refractivity contribution in [3.63, 3.8) is 0 Å². The van der Waals surface area contributed by atoms with E-state index in [-0.39, 0.29) is 23.0 Å². The zero-order valence-electron chi connectivity index (χ0n) is 9.28. The molecule has 1 fully saturated rings. The monoisotopic (exact) mass is 258 g/mol. The normalized spacial score (nSPS) is 23.4. The molecule has 0 heterocycles. The minimum Gasteiger partial charge on any atom is -0.482 e. The van der Waals surface area contributed by atoms with Gasteiger partial charge in [-0.05, 0) is 19.1 Å². The summed E-state index contributed by atoms with van der Waals surface area (Å²) < 4.78 is 24.1. The Morgan fingerprint density at radius 2 is 2.29 bits per heavy atom. The lowest BCUT2D eigenvalue weighted by Crippen LogP contribution is -2.52. The number of carbonyl (C=O) groups is 1. The van der Waals surface area contributed by atoms with Gasteiger partial charge in [0.25, 0.3) is 0 Å². The Labute approximate surface area is 103 Å². The van der Waals surface area contributed by atoms with Crippen LogP contribution < -0.4 is 4.74 Å². The van der Waals surface area contributed by atoms with E-state index in [0.717, 1.165) is 0 Å². The summed E-state index contributed by atoms with van der Waals surface area (Å²) in [7, 11) is 0. The van der Waals surface area contributed by atoms with Crippen LogP contribution in [0.15, 0.2) is 18.2 Å². The van der Waals surface area contributed by atoms with E-state index in [2.05, 4.69) is 0 Å². The Bertz CT molecular complexity index is 416. The Kier molecular flexibility index (Phi) is 3.64. The van der Waals surface area contributed by atoms with Crippen LogP contribution in [0.2, 0.25) is 5.02 Å². The molecule has 17 heavy (non-hydrogen) atoms. The van der Waals surface area contributed by atoms with E-state index in [0.29, 0.717) is 6.61 Å². The molecule has 1 aliphatic rings. The number of benzene rings is 1. The van der Waals surface area contributed by atoms with Gasteiger partial charge in [0, 0.05) is 13.0 Å². The van der Waals surface area contributed by atoms with Gasteiger partial charge < -0.3 is 9.47 Å². The third-order valence-electron chi connectivity index (χ3n) is 2.59. The minimum absolute atomic E-state index is 0.0173. The van der Waals surface area contributed by atoms with Crippen LogP contribution in [0, 0.1) is 5.82 Å². The molecule has 0 amide bonds. The van der Waals surface area contributed by atoms with Crippen LogP contribution in [0.3, 0.4) is 0 Å². The maximum atomic E-state index is 13.4. The zero-order valence-corrected chi connectivity index (χ0v) is 10.0. The van der Waals surface area contributed by atoms with Gasteiger partial charge in [-0.25, -0.2) is 4.39 Å². The van der Waals surface area contributed by atoms with Gasteiger partial charge in [0.15, 0.2) is 23.5 Å². The molecule has 0 bridgehead atoms. The molecule has 1 saturated carbocycles. The van der Waals surface area contributed by atoms with Crippen LogP contribution in [0.25, 0.3) is 0 Å². The van der Waals surface area contributed by atoms with E-state index in [1.165, 1.54) is 18.2 Å². The fourth-order valence-corrected chi connectivity index (χ4v) is 1.91. The van der Waals surface area contributed by atoms with E-state index < -0.39 is 18.0 Å². The molecule has 2 unspecified atom stereocenters. The lowest BCUT2D eigenvalue weighted by atomic mass is 9.90. The van der Waals surface area contributed by atoms with Crippen molar-refractivity contribution < 1.29 is 18.7 Å². The van der Waals surface area contributed by atoms with E-state index in [1.54, 1.807) is 6.92 Å². The molecule has 0 radical (unpaired) electrons. The standard InChI is InChI=1S/C12H12ClFO3/c1-2-16-12-9(15)6-10(12)17-11-7(13)4-3-5-8(11)14/h3-5,10,12H,2,6H2,1H3. The molecule has 1 aromatic carbocycles. The van der Waals surface area contributed by atoms with Crippen molar-refractivity contribution in [1.29, 1.82) is 0 Å². The SMILES string of the molecule is CCOC1C(=O)CC1Oc1c(F)cccc1Cl. The first-order chi connectivity index (χ1) is 8.13. The molecule has 1 aliphatic carbocycles. The molecule has 1 aromatic rings. The minimum atomic E-state index is -0.601. The molecule has 0 N–H and O–H groups in total. The number of rotatable bonds is 4. The molecule has 2 rings (SSSR count). The maximum Gasteiger partial charge on any atom is 0.174 e. The molecule has 3 nitrogen and oxygen atoms in total. The zero-order chi connectivity index (χ0) is 12.4. The van der Waals surface area contributed by atoms with Gasteiger partial charge in [-0.1, -0.05) is 17.7 Å². The number of hydrogen-bond donors (Lipinski definition) is 0. The second kappa shape index (κ2) is 5.02. The summed E-state index contributed by atoms with van der Waals surface area (Å²) in [6, 6.07) is 4.30. The number of hydrogen-bond acceptors (Lipinski definition) is 3. The third-order valence-corrected chi connectivity index (χ3v) is 2.89. The Balaban J connectivity index is 2.09. The summed E-state index contributed by atoms with van der Waals surface area (Å²) in [6.07, 6.45) is -0.817. The van der Waals surface area contributed by atoms with Gasteiger partial charge in [-0.15, -0.1) is 0 Å². The lowest BCUT2D eigenvalue weighted by molar-refractivity contribution is -0.154. The highest BCUT2D eigenvalue weighted by molar-refractivity contribution is 6.32. The number of ether oxygens (including phenoxy) is 2. The van der Waals surface area contributed by atoms with Crippen molar-refractivity contribution in [1.82, 2.24) is 0 Å². The number of halogens is 2. The van der Waals surface area contributed by atoms with E-state index in [9.17, 15) is 9.18 Å². The number of carbonyl (C=O) groups excluding carboxylic acids is 1. The third kappa shape index (κ3) is 2.42. The molecule has 0 saturated heterocycles. The summed E-state index contributed by atoms with van der Waals surface area (Å²) in [5.74, 6) is -0.576. The smallest absolute Gasteiger partial charge is 0.174 e. The van der Waals surface area contributed by atoms with Crippen LogP contribution in [0.1, 0.15) is 13.3 Å². The Morgan fingerprint density at radius 3 is 2.88 bits per heavy atom. The van der Waals surface area contributed by atoms with Gasteiger partial charge in [0.2, 0.25) is 0 Å². The van der Waals surface area contributed by atoms with Gasteiger partial charge in [0.1, 0.15) is 6.10 Å². The first kappa shape index (κ1) is 12.3. The van der Waals surface area contributed by atoms with Crippen molar-refractivity contribution >= 4 is 17.4 Å². The Hall–Kier alpha value is -1.13. The average molecular weight is 259 g/mol. The summed E-state index contributed by atoms with van der Waals surface area (Å²) >= 11 is 5.83. The molecular formula is C12H12ClFO3. The number of para-hydroxylation sites is 1. The van der Waals surface area contributed by atoms with Crippen LogP contribution in [0.5, 0.6) is 5.75 Å². The summed E-state index contributed by atoms with van der Waals surface area (Å²) in [5.41, 5.74) is 0. The predicted molar refractivity (Wildman–Crippen MR) is 60.9 cm³/mol. The van der Waals surface area contributed by atoms with Crippen molar-refractivity contribution in [3.8, 4) is 5.75 Å². The molecule has 0 aliphatic heterocycles. The van der Waals surface area contributed by atoms with E-state index in [1.807, 2.05) is 0 Å². The van der Waals surface area contributed by atoms with Crippen molar-refractivity contribution in [2.24, 2.45) is 0 Å². The predicted octanol–water partition coefficient (Wildman–Crippen LogP) is 2.60. The van der Waals surface area contributed by atoms with E-state index >= 15 is 0 Å². The summed E-state index contributed by atoms with van der Waals surface area (Å²) in [6.45, 7) is 2.21. The number of ketones is 1. The maximum absolute atomic E-state index is 13.4. The largest absolute Gasteiger partial charge is 0.482 e. The van der Waals surface area contributed by atoms with Crippen molar-refractivity contribution in [2.45, 2.75) is 25.6 Å². The molecule has 0 spiro atoms. The highest BCUT2D eigenvalue weighted by Crippen LogP contribution is 2.32. The van der Waals surface area contributed by atoms with E-state index in [4.69, 9.17) is 21.1 Å². The van der Waals surface area contributed by atoms with Crippen LogP contribution in [0.4, 0.5) is 4.39 Å². The van der Waals surface area contributed by atoms with Gasteiger partial charge >= 0.3 is 0 Å². The second-order valence-electron chi connectivity index (χ2n) is 3.75. The van der Waals surface area contributed by atoms with Crippen LogP contribution in [-0.2, 0) is 9.53 Å². The van der Waals surface area contributed by atoms with Crippen molar-refractivity contribution in [2.75, 3.05) is 6.61 Å². The first-order valence-electron chi connectivity index (χ1n) is 5.38. The molecular weight excluding hydrogens is 247 g/mol. The molecule has 2 atom stereocenters. The molecule has 0 aromatic heterocycles. The van der Waals surface area contributed by atoms with Gasteiger partial charge in [-0.3, -0.25) is 4.79 Å². The molecule has 92 valence electrons. The Morgan fingerprint density at radius 1 is 1.53 bits per heavy atom. The van der Waals surface area contributed by atoms with Crippen LogP contribution in [-0.4, -0.2) is 24.6 Å². The van der Waals surface area contributed by atoms with Crippen LogP contribution >= 0.6 is 11.6 Å². The lowest BCUT2D eigenvalue weighted by Gasteiger charge is -2.34. The fraction of sp³-hybridized carbons (Fsp3) is 0.417.